The quantitative estimate of drug-likeness (QED) is 0.585. The van der Waals surface area contributed by atoms with Gasteiger partial charge in [-0.05, 0) is 30.0 Å². The third-order valence-electron chi connectivity index (χ3n) is 2.84. The number of alkyl halides is 1. The van der Waals surface area contributed by atoms with Gasteiger partial charge in [0.25, 0.3) is 0 Å². The Morgan fingerprint density at radius 1 is 1.35 bits per heavy atom. The first-order chi connectivity index (χ1) is 9.51. The predicted octanol–water partition coefficient (Wildman–Crippen LogP) is 2.20. The highest BCUT2D eigenvalue weighted by Crippen LogP contribution is 2.26. The van der Waals surface area contributed by atoms with Gasteiger partial charge in [0.1, 0.15) is 0 Å². The number of carboxylic acid groups (broad SMARTS) is 1. The van der Waals surface area contributed by atoms with Crippen molar-refractivity contribution >= 4 is 27.9 Å². The van der Waals surface area contributed by atoms with Crippen LogP contribution < -0.4 is 0 Å². The minimum atomic E-state index is -1.60. The first-order valence-corrected chi connectivity index (χ1v) is 7.36. The molecule has 110 valence electrons. The second-order valence-electron chi connectivity index (χ2n) is 4.17. The van der Waals surface area contributed by atoms with E-state index in [0.717, 1.165) is 0 Å². The van der Waals surface area contributed by atoms with Crippen molar-refractivity contribution in [3.63, 3.8) is 0 Å². The van der Waals surface area contributed by atoms with Gasteiger partial charge in [-0.25, -0.2) is 4.79 Å². The molecule has 1 aromatic rings. The number of aryl methyl sites for hydroxylation is 1. The smallest absolute Gasteiger partial charge is 0.337 e. The number of aliphatic hydroxyl groups excluding tert-OH is 1. The maximum atomic E-state index is 11.4. The number of aliphatic hydroxyl groups is 1. The summed E-state index contributed by atoms with van der Waals surface area (Å²) in [6.07, 6.45) is -1.11. The predicted molar refractivity (Wildman–Crippen MR) is 76.6 cm³/mol. The van der Waals surface area contributed by atoms with Crippen molar-refractivity contribution in [2.75, 3.05) is 6.61 Å². The monoisotopic (exact) mass is 344 g/mol. The van der Waals surface area contributed by atoms with E-state index in [0.29, 0.717) is 35.0 Å². The number of halogens is 1. The number of esters is 1. The van der Waals surface area contributed by atoms with Gasteiger partial charge in [-0.2, -0.15) is 0 Å². The fourth-order valence-electron chi connectivity index (χ4n) is 1.95. The highest BCUT2D eigenvalue weighted by molar-refractivity contribution is 9.08. The fraction of sp³-hybridized carbons (Fsp3) is 0.429. The molecule has 0 aliphatic heterocycles. The normalized spacial score (nSPS) is 11.9. The molecule has 1 atom stereocenters. The van der Waals surface area contributed by atoms with Crippen LogP contribution in [-0.2, 0) is 26.1 Å². The Labute approximate surface area is 125 Å². The second-order valence-corrected chi connectivity index (χ2v) is 4.73. The van der Waals surface area contributed by atoms with Crippen LogP contribution in [0.15, 0.2) is 18.2 Å². The minimum absolute atomic E-state index is 0.152. The van der Waals surface area contributed by atoms with Crippen LogP contribution >= 0.6 is 15.9 Å². The molecular formula is C14H17BrO5. The summed E-state index contributed by atoms with van der Waals surface area (Å²) in [6, 6.07) is 5.23. The molecule has 1 rings (SSSR count). The van der Waals surface area contributed by atoms with Crippen LogP contribution in [0.5, 0.6) is 0 Å². The first-order valence-electron chi connectivity index (χ1n) is 6.24. The topological polar surface area (TPSA) is 83.8 Å². The Kier molecular flexibility index (Phi) is 6.67. The zero-order valence-corrected chi connectivity index (χ0v) is 12.7. The first kappa shape index (κ1) is 16.7. The Morgan fingerprint density at radius 2 is 2.00 bits per heavy atom. The Balaban J connectivity index is 3.00. The molecule has 1 aromatic carbocycles. The van der Waals surface area contributed by atoms with Crippen LogP contribution in [0.4, 0.5) is 0 Å². The number of rotatable bonds is 7. The lowest BCUT2D eigenvalue weighted by Gasteiger charge is -2.16. The van der Waals surface area contributed by atoms with Crippen molar-refractivity contribution in [1.29, 1.82) is 0 Å². The van der Waals surface area contributed by atoms with Crippen LogP contribution in [0.2, 0.25) is 0 Å². The van der Waals surface area contributed by atoms with E-state index in [1.54, 1.807) is 25.1 Å². The van der Waals surface area contributed by atoms with Gasteiger partial charge in [-0.1, -0.05) is 34.1 Å². The molecule has 6 heteroatoms. The van der Waals surface area contributed by atoms with Crippen LogP contribution in [0.3, 0.4) is 0 Å². The van der Waals surface area contributed by atoms with E-state index in [-0.39, 0.29) is 12.4 Å². The molecule has 0 heterocycles. The summed E-state index contributed by atoms with van der Waals surface area (Å²) in [6.45, 7) is 2.04. The van der Waals surface area contributed by atoms with Gasteiger partial charge in [0.15, 0.2) is 6.10 Å². The molecule has 0 saturated carbocycles. The lowest BCUT2D eigenvalue weighted by molar-refractivity contribution is -0.147. The number of benzene rings is 1. The molecule has 0 amide bonds. The maximum Gasteiger partial charge on any atom is 0.337 e. The number of carbonyl (C=O) groups is 2. The van der Waals surface area contributed by atoms with Gasteiger partial charge in [0.2, 0.25) is 0 Å². The third kappa shape index (κ3) is 4.31. The van der Waals surface area contributed by atoms with Gasteiger partial charge in [0.05, 0.1) is 6.61 Å². The van der Waals surface area contributed by atoms with Crippen molar-refractivity contribution in [3.8, 4) is 0 Å². The SMILES string of the molecule is CCOC(=O)CCc1cccc(CBr)c1C(O)C(=O)O. The second kappa shape index (κ2) is 8.01. The van der Waals surface area contributed by atoms with Gasteiger partial charge < -0.3 is 14.9 Å². The van der Waals surface area contributed by atoms with E-state index < -0.39 is 12.1 Å². The molecule has 0 aliphatic rings. The molecule has 5 nitrogen and oxygen atoms in total. The summed E-state index contributed by atoms with van der Waals surface area (Å²) >= 11 is 3.27. The average molecular weight is 345 g/mol. The molecule has 0 bridgehead atoms. The molecule has 0 aromatic heterocycles. The Hall–Kier alpha value is -1.40. The molecule has 0 radical (unpaired) electrons. The standard InChI is InChI=1S/C14H17BrO5/c1-2-20-11(16)7-6-9-4-3-5-10(8-15)12(9)13(17)14(18)19/h3-5,13,17H,2,6-8H2,1H3,(H,18,19). The number of carboxylic acids is 1. The molecular weight excluding hydrogens is 328 g/mol. The van der Waals surface area contributed by atoms with Crippen molar-refractivity contribution in [3.05, 3.63) is 34.9 Å². The van der Waals surface area contributed by atoms with Crippen LogP contribution in [0, 0.1) is 0 Å². The highest BCUT2D eigenvalue weighted by Gasteiger charge is 2.22. The van der Waals surface area contributed by atoms with E-state index in [4.69, 9.17) is 9.84 Å². The van der Waals surface area contributed by atoms with Crippen LogP contribution in [0.25, 0.3) is 0 Å². The molecule has 0 aliphatic carbocycles. The Bertz CT molecular complexity index is 486. The van der Waals surface area contributed by atoms with Gasteiger partial charge >= 0.3 is 11.9 Å². The third-order valence-corrected chi connectivity index (χ3v) is 3.45. The number of ether oxygens (including phenoxy) is 1. The van der Waals surface area contributed by atoms with Crippen molar-refractivity contribution in [2.24, 2.45) is 0 Å². The van der Waals surface area contributed by atoms with Crippen LogP contribution in [0.1, 0.15) is 36.1 Å². The Morgan fingerprint density at radius 3 is 2.55 bits per heavy atom. The minimum Gasteiger partial charge on any atom is -0.479 e. The molecule has 0 saturated heterocycles. The largest absolute Gasteiger partial charge is 0.479 e. The summed E-state index contributed by atoms with van der Waals surface area (Å²) in [5.41, 5.74) is 1.69. The number of hydrogen-bond acceptors (Lipinski definition) is 4. The molecule has 2 N–H and O–H groups in total. The van der Waals surface area contributed by atoms with Gasteiger partial charge in [0, 0.05) is 11.8 Å². The van der Waals surface area contributed by atoms with E-state index in [2.05, 4.69) is 15.9 Å². The van der Waals surface area contributed by atoms with Crippen molar-refractivity contribution in [2.45, 2.75) is 31.2 Å². The summed E-state index contributed by atoms with van der Waals surface area (Å²) in [5.74, 6) is -1.65. The number of hydrogen-bond donors (Lipinski definition) is 2. The average Bonchev–Trinajstić information content (AvgIpc) is 2.44. The zero-order chi connectivity index (χ0) is 15.1. The summed E-state index contributed by atoms with van der Waals surface area (Å²) in [4.78, 5) is 22.4. The molecule has 20 heavy (non-hydrogen) atoms. The maximum absolute atomic E-state index is 11.4. The summed E-state index contributed by atoms with van der Waals surface area (Å²) < 4.78 is 4.84. The number of aliphatic carboxylic acids is 1. The molecule has 0 spiro atoms. The van der Waals surface area contributed by atoms with E-state index in [9.17, 15) is 14.7 Å². The van der Waals surface area contributed by atoms with Crippen LogP contribution in [-0.4, -0.2) is 28.8 Å². The van der Waals surface area contributed by atoms with E-state index in [1.807, 2.05) is 0 Å². The fourth-order valence-corrected chi connectivity index (χ4v) is 2.43. The zero-order valence-electron chi connectivity index (χ0n) is 11.1. The summed E-state index contributed by atoms with van der Waals surface area (Å²) in [7, 11) is 0. The molecule has 1 unspecified atom stereocenters. The lowest BCUT2D eigenvalue weighted by Crippen LogP contribution is -2.16. The van der Waals surface area contributed by atoms with Crippen molar-refractivity contribution < 1.29 is 24.5 Å². The van der Waals surface area contributed by atoms with E-state index in [1.165, 1.54) is 0 Å². The van der Waals surface area contributed by atoms with Gasteiger partial charge in [-0.3, -0.25) is 4.79 Å². The molecule has 0 fully saturated rings. The van der Waals surface area contributed by atoms with Crippen molar-refractivity contribution in [1.82, 2.24) is 0 Å². The lowest BCUT2D eigenvalue weighted by atomic mass is 9.94. The highest BCUT2D eigenvalue weighted by atomic mass is 79.9. The number of carbonyl (C=O) groups excluding carboxylic acids is 1. The van der Waals surface area contributed by atoms with E-state index >= 15 is 0 Å². The van der Waals surface area contributed by atoms with Gasteiger partial charge in [-0.15, -0.1) is 0 Å². The summed E-state index contributed by atoms with van der Waals surface area (Å²) in [5, 5.41) is 19.2.